The summed E-state index contributed by atoms with van der Waals surface area (Å²) >= 11 is 0. The lowest BCUT2D eigenvalue weighted by molar-refractivity contribution is -0.373. The minimum absolute atomic E-state index is 0.00857. The maximum atomic E-state index is 13.3. The second kappa shape index (κ2) is 24.7. The maximum absolute atomic E-state index is 13.3. The summed E-state index contributed by atoms with van der Waals surface area (Å²) in [7, 11) is 0. The zero-order chi connectivity index (χ0) is 69.2. The third-order valence-electron chi connectivity index (χ3n) is 23.6. The van der Waals surface area contributed by atoms with Crippen LogP contribution in [0, 0.1) is 92.2 Å². The Bertz CT molecular complexity index is 2630. The van der Waals surface area contributed by atoms with Gasteiger partial charge in [-0.15, -0.1) is 0 Å². The van der Waals surface area contributed by atoms with Crippen molar-refractivity contribution in [2.45, 2.75) is 278 Å². The Hall–Kier alpha value is -3.78. The number of aliphatic hydroxyl groups is 1. The summed E-state index contributed by atoms with van der Waals surface area (Å²) in [6.07, 6.45) is -26.4. The molecule has 0 aromatic heterocycles. The highest BCUT2D eigenvalue weighted by molar-refractivity contribution is 5.84. The zero-order valence-corrected chi connectivity index (χ0v) is 54.2. The number of halogens is 15. The Morgan fingerprint density at radius 3 is 1.46 bits per heavy atom. The molecule has 3 saturated heterocycles. The monoisotopic (exact) mass is 1340 g/mol. The van der Waals surface area contributed by atoms with Gasteiger partial charge in [0.2, 0.25) is 0 Å². The van der Waals surface area contributed by atoms with Crippen molar-refractivity contribution in [2.75, 3.05) is 0 Å². The van der Waals surface area contributed by atoms with E-state index in [0.29, 0.717) is 25.7 Å². The van der Waals surface area contributed by atoms with Crippen molar-refractivity contribution in [3.63, 3.8) is 0 Å². The van der Waals surface area contributed by atoms with Gasteiger partial charge in [0.05, 0.1) is 11.3 Å². The van der Waals surface area contributed by atoms with Crippen LogP contribution in [0.1, 0.15) is 200 Å². The van der Waals surface area contributed by atoms with Gasteiger partial charge in [-0.2, -0.15) is 65.9 Å². The van der Waals surface area contributed by atoms with Crippen molar-refractivity contribution in [3.05, 3.63) is 0 Å². The van der Waals surface area contributed by atoms with E-state index in [4.69, 9.17) is 23.7 Å². The van der Waals surface area contributed by atoms with Gasteiger partial charge in [0.15, 0.2) is 28.5 Å². The van der Waals surface area contributed by atoms with Gasteiger partial charge in [-0.25, -0.2) is 0 Å². The summed E-state index contributed by atoms with van der Waals surface area (Å²) in [5, 5.41) is 9.41. The maximum Gasteiger partial charge on any atom is 0.426 e. The lowest BCUT2D eigenvalue weighted by Crippen LogP contribution is -2.58. The molecule has 10 bridgehead atoms. The van der Waals surface area contributed by atoms with Gasteiger partial charge in [0.1, 0.15) is 29.5 Å². The predicted molar refractivity (Wildman–Crippen MR) is 295 cm³/mol. The second-order valence-corrected chi connectivity index (χ2v) is 31.0. The van der Waals surface area contributed by atoms with Crippen molar-refractivity contribution in [1.29, 1.82) is 0 Å². The van der Waals surface area contributed by atoms with Crippen molar-refractivity contribution < 1.29 is 123 Å². The van der Waals surface area contributed by atoms with Crippen LogP contribution in [0.4, 0.5) is 65.9 Å². The van der Waals surface area contributed by atoms with E-state index < -0.39 is 139 Å². The average molecular weight is 1340 g/mol. The van der Waals surface area contributed by atoms with E-state index in [1.165, 1.54) is 44.9 Å². The first-order valence-electron chi connectivity index (χ1n) is 31.9. The topological polar surface area (TPSA) is 161 Å². The van der Waals surface area contributed by atoms with E-state index in [0.717, 1.165) is 56.3 Å². The highest BCUT2D eigenvalue weighted by Gasteiger charge is 2.83. The molecule has 8 saturated carbocycles. The second-order valence-electron chi connectivity index (χ2n) is 31.0. The SMILES string of the molecule is CC1C2CC(C(=O)OC(C)(C)C)C(C2)C1C.CCC(C)(C(=O)OC1C2CC3(C(F)(F)F)C(=O)OC1C3O2)C(F)(F)F.CCC(C)(C(=O)OC1CC2CC(CC(O)(C(F)(F)F)C(F)(F)F)C1C2)C(F)(F)F.CCC(C)(C)C(=O)OC(C)(C)C12CC3CC(CC(C3)C1)C2. The molecule has 0 aromatic carbocycles. The summed E-state index contributed by atoms with van der Waals surface area (Å²) in [5.41, 5.74) is -14.2. The first-order valence-corrected chi connectivity index (χ1v) is 31.9. The molecule has 8 aliphatic carbocycles. The van der Waals surface area contributed by atoms with Crippen LogP contribution in [-0.2, 0) is 52.4 Å². The summed E-state index contributed by atoms with van der Waals surface area (Å²) < 4.78 is 228. The van der Waals surface area contributed by atoms with E-state index >= 15 is 0 Å². The van der Waals surface area contributed by atoms with Crippen LogP contribution in [0.5, 0.6) is 0 Å². The van der Waals surface area contributed by atoms with Gasteiger partial charge in [-0.1, -0.05) is 34.6 Å². The summed E-state index contributed by atoms with van der Waals surface area (Å²) in [4.78, 5) is 60.6. The fourth-order valence-corrected chi connectivity index (χ4v) is 16.9. The van der Waals surface area contributed by atoms with Gasteiger partial charge >= 0.3 is 60.7 Å². The quantitative estimate of drug-likeness (QED) is 0.106. The third-order valence-corrected chi connectivity index (χ3v) is 23.6. The normalized spacial score (nSPS) is 36.8. The van der Waals surface area contributed by atoms with Crippen LogP contribution in [0.25, 0.3) is 0 Å². The minimum atomic E-state index is -5.98. The van der Waals surface area contributed by atoms with Gasteiger partial charge in [0, 0.05) is 11.8 Å². The lowest BCUT2D eigenvalue weighted by Gasteiger charge is -2.61. The number of alkyl halides is 15. The van der Waals surface area contributed by atoms with Gasteiger partial charge in [0.25, 0.3) is 5.60 Å². The molecule has 11 fully saturated rings. The molecular weight excluding hydrogens is 1250 g/mol. The molecule has 91 heavy (non-hydrogen) atoms. The highest BCUT2D eigenvalue weighted by atomic mass is 19.4. The van der Waals surface area contributed by atoms with E-state index in [1.54, 1.807) is 0 Å². The number of fused-ring (bicyclic) bond motifs is 5. The number of carbonyl (C=O) groups is 5. The predicted octanol–water partition coefficient (Wildman–Crippen LogP) is 15.9. The van der Waals surface area contributed by atoms with Crippen molar-refractivity contribution >= 4 is 29.8 Å². The van der Waals surface area contributed by atoms with Gasteiger partial charge in [-0.05, 0) is 218 Å². The third kappa shape index (κ3) is 13.6. The van der Waals surface area contributed by atoms with Crippen LogP contribution >= 0.6 is 0 Å². The van der Waals surface area contributed by atoms with E-state index in [1.807, 2.05) is 34.6 Å². The Morgan fingerprint density at radius 1 is 0.560 bits per heavy atom. The summed E-state index contributed by atoms with van der Waals surface area (Å²) in [5.74, 6) is -1.72. The van der Waals surface area contributed by atoms with Gasteiger partial charge in [-0.3, -0.25) is 24.0 Å². The molecule has 3 heterocycles. The molecule has 16 atom stereocenters. The van der Waals surface area contributed by atoms with E-state index in [-0.39, 0.29) is 65.1 Å². The molecule has 27 heteroatoms. The van der Waals surface area contributed by atoms with E-state index in [9.17, 15) is 94.9 Å². The number of hydrogen-bond donors (Lipinski definition) is 1. The lowest BCUT2D eigenvalue weighted by atomic mass is 9.46. The molecule has 524 valence electrons. The zero-order valence-electron chi connectivity index (χ0n) is 54.2. The molecule has 0 spiro atoms. The van der Waals surface area contributed by atoms with Crippen LogP contribution in [0.15, 0.2) is 0 Å². The molecule has 0 aromatic rings. The molecule has 12 nitrogen and oxygen atoms in total. The molecule has 16 unspecified atom stereocenters. The highest BCUT2D eigenvalue weighted by Crippen LogP contribution is 2.66. The molecule has 0 amide bonds. The first kappa shape index (κ1) is 74.6. The minimum Gasteiger partial charge on any atom is -0.461 e. The molecule has 3 aliphatic heterocycles. The molecule has 11 aliphatic rings. The average Bonchev–Trinajstić information content (AvgIpc) is 1.54. The number of hydrogen-bond acceptors (Lipinski definition) is 12. The summed E-state index contributed by atoms with van der Waals surface area (Å²) in [6.45, 7) is 24.4. The van der Waals surface area contributed by atoms with Crippen LogP contribution in [0.2, 0.25) is 0 Å². The Kier molecular flexibility index (Phi) is 20.3. The van der Waals surface area contributed by atoms with Crippen molar-refractivity contribution in [1.82, 2.24) is 0 Å². The molecule has 0 radical (unpaired) electrons. The number of esters is 5. The van der Waals surface area contributed by atoms with Crippen molar-refractivity contribution in [2.24, 2.45) is 92.2 Å². The molecular formula is C64H91F15O12. The Labute approximate surface area is 521 Å². The van der Waals surface area contributed by atoms with Crippen LogP contribution in [-0.4, -0.2) is 113 Å². The van der Waals surface area contributed by atoms with Crippen LogP contribution < -0.4 is 0 Å². The van der Waals surface area contributed by atoms with Crippen molar-refractivity contribution in [3.8, 4) is 0 Å². The Balaban J connectivity index is 0.000000176. The fourth-order valence-electron chi connectivity index (χ4n) is 16.9. The number of ether oxygens (including phenoxy) is 6. The standard InChI is InChI=1S/C19H32O2.C17H21F9O3.C14H14F6O5.C14H24O2/c1-6-17(2,3)16(20)21-18(4,5)19-10-13-7-14(11-19)9-15(8-13)12-19;1-3-13(2,15(18,19)20)12(27)29-11-6-8-4-9(10(11)5-8)7-14(28,16(21,22)23)17(24,25)26;1-3-11(2,13(15,16)17)9(21)24-6-5-4-12(14(18,19)20)8(23-5)7(6)25-10(12)22;1-8-9(2)11-6-10(8)7-12(11)13(15)16-14(3,4)5/h13-15H,6-12H2,1-5H3;8-11,28H,3-7H2,1-2H3;5-8H,3-4H2,1-2H3;8-12H,6-7H2,1-5H3. The van der Waals surface area contributed by atoms with Crippen LogP contribution in [0.3, 0.4) is 0 Å². The molecule has 11 rings (SSSR count). The number of rotatable bonds is 13. The van der Waals surface area contributed by atoms with Gasteiger partial charge < -0.3 is 33.5 Å². The fraction of sp³-hybridized carbons (Fsp3) is 0.922. The molecule has 1 N–H and O–H groups in total. The first-order chi connectivity index (χ1) is 41.1. The van der Waals surface area contributed by atoms with E-state index in [2.05, 4.69) is 39.4 Å². The summed E-state index contributed by atoms with van der Waals surface area (Å²) in [6, 6.07) is 0. The smallest absolute Gasteiger partial charge is 0.426 e. The Morgan fingerprint density at radius 2 is 1.05 bits per heavy atom. The largest absolute Gasteiger partial charge is 0.461 e. The number of carbonyl (C=O) groups excluding carboxylic acids is 5.